The van der Waals surface area contributed by atoms with Crippen LogP contribution in [-0.2, 0) is 43.9 Å². The number of hydrogen-bond acceptors (Lipinski definition) is 4. The Morgan fingerprint density at radius 2 is 1.74 bits per heavy atom. The van der Waals surface area contributed by atoms with E-state index in [2.05, 4.69) is 18.2 Å². The number of carbonyl (C=O) groups excluding carboxylic acids is 1. The Balaban J connectivity index is 0.00000127. The number of aromatic nitrogens is 1. The molecule has 3 rings (SSSR count). The molecule has 0 fully saturated rings. The molecule has 1 radical (unpaired) electrons. The van der Waals surface area contributed by atoms with Gasteiger partial charge in [0.25, 0.3) is 0 Å². The first-order valence-corrected chi connectivity index (χ1v) is 7.53. The van der Waals surface area contributed by atoms with Gasteiger partial charge in [-0.1, -0.05) is 43.1 Å². The molecule has 0 aliphatic carbocycles. The van der Waals surface area contributed by atoms with E-state index in [1.165, 1.54) is 0 Å². The van der Waals surface area contributed by atoms with E-state index in [4.69, 9.17) is 14.3 Å². The van der Waals surface area contributed by atoms with Gasteiger partial charge in [0.05, 0.1) is 5.89 Å². The number of rotatable bonds is 5. The molecular weight excluding hydrogens is 493 g/mol. The molecule has 2 aromatic carbocycles. The molecule has 1 heterocycles. The first-order valence-electron chi connectivity index (χ1n) is 7.53. The van der Waals surface area contributed by atoms with Gasteiger partial charge in [-0.25, -0.2) is 0 Å². The van der Waals surface area contributed by atoms with Crippen LogP contribution in [0.1, 0.15) is 28.0 Å². The van der Waals surface area contributed by atoms with Crippen LogP contribution in [0.25, 0.3) is 11.5 Å². The van der Waals surface area contributed by atoms with Gasteiger partial charge in [0.1, 0.15) is 0 Å². The number of nitrogens with zero attached hydrogens (tertiary/aromatic N) is 1. The van der Waals surface area contributed by atoms with E-state index in [0.717, 1.165) is 11.1 Å². The maximum absolute atomic E-state index is 12.1. The van der Waals surface area contributed by atoms with E-state index in [9.17, 15) is 4.79 Å². The molecule has 0 unspecified atom stereocenters. The molecule has 3 aromatic rings. The van der Waals surface area contributed by atoms with Crippen LogP contribution in [0, 0.1) is 13.2 Å². The van der Waals surface area contributed by atoms with Crippen LogP contribution in [0.3, 0.4) is 0 Å². The van der Waals surface area contributed by atoms with Crippen LogP contribution >= 0.6 is 0 Å². The minimum absolute atomic E-state index is 0. The van der Waals surface area contributed by atoms with Gasteiger partial charge in [-0.2, -0.15) is 24.6 Å². The number of carbonyl (C=O) groups is 1. The van der Waals surface area contributed by atoms with Crippen molar-refractivity contribution < 1.29 is 110 Å². The van der Waals surface area contributed by atoms with Gasteiger partial charge >= 0.3 is 58.2 Å². The van der Waals surface area contributed by atoms with Crippen molar-refractivity contribution in [3.05, 3.63) is 84.6 Å². The van der Waals surface area contributed by atoms with Crippen molar-refractivity contribution in [2.45, 2.75) is 12.8 Å². The summed E-state index contributed by atoms with van der Waals surface area (Å²) in [6.45, 7) is 4.31. The fourth-order valence-electron chi connectivity index (χ4n) is 2.15. The molecule has 0 amide bonds. The van der Waals surface area contributed by atoms with E-state index < -0.39 is 0 Å². The first kappa shape index (κ1) is 26.6. The zero-order valence-electron chi connectivity index (χ0n) is 15.0. The summed E-state index contributed by atoms with van der Waals surface area (Å²) in [5.74, 6) is 0.613. The van der Waals surface area contributed by atoms with E-state index in [1.54, 1.807) is 12.1 Å². The summed E-state index contributed by atoms with van der Waals surface area (Å²) in [5, 5.41) is 6.76. The van der Waals surface area contributed by atoms with Gasteiger partial charge in [0, 0.05) is 39.1 Å². The smallest absolute Gasteiger partial charge is 0.665 e. The average molecular weight is 509 g/mol. The molecule has 1 aromatic heterocycles. The van der Waals surface area contributed by atoms with Crippen molar-refractivity contribution in [1.82, 2.24) is 4.98 Å². The number of Topliss-reactive ketones (excluding diaryl/α,β-unsaturated/α-hetero) is 1. The SMILES string of the molecule is O=[C-]O.[CH2-]c1ccc(C(=O)CCc2[c-]oc(-c3ccccc3)n2)cc1.[Rb+].[Y]. The molecule has 0 aliphatic heterocycles. The standard InChI is InChI=1S/C19H15NO2.CHO2.Rb.Y/c1-14-7-9-15(10-8-14)18(21)12-11-17-13-22-19(20-17)16-5-3-2-4-6-16;2-1-3;;/h2-10H,1,11-12H2;(H,2,3);;/q-2;-1;+1;. The van der Waals surface area contributed by atoms with Crippen molar-refractivity contribution in [2.75, 3.05) is 0 Å². The fraction of sp³-hybridized carbons (Fsp3) is 0.100. The summed E-state index contributed by atoms with van der Waals surface area (Å²) in [7, 11) is 0. The summed E-state index contributed by atoms with van der Waals surface area (Å²) in [6.07, 6.45) is 3.67. The Morgan fingerprint density at radius 3 is 2.33 bits per heavy atom. The molecule has 131 valence electrons. The predicted molar refractivity (Wildman–Crippen MR) is 92.6 cm³/mol. The normalized spacial score (nSPS) is 9.04. The Kier molecular flexibility index (Phi) is 14.3. The minimum Gasteiger partial charge on any atom is -0.665 e. The Hall–Kier alpha value is -0.431. The van der Waals surface area contributed by atoms with Crippen LogP contribution in [-0.4, -0.2) is 22.3 Å². The second-order valence-corrected chi connectivity index (χ2v) is 5.15. The second kappa shape index (κ2) is 14.6. The van der Waals surface area contributed by atoms with Crippen molar-refractivity contribution >= 4 is 12.3 Å². The predicted octanol–water partition coefficient (Wildman–Crippen LogP) is 0.753. The molecule has 0 saturated carbocycles. The van der Waals surface area contributed by atoms with Crippen LogP contribution in [0.15, 0.2) is 59.0 Å². The molecule has 0 atom stereocenters. The minimum atomic E-state index is 0. The van der Waals surface area contributed by atoms with E-state index in [1.807, 2.05) is 42.5 Å². The summed E-state index contributed by atoms with van der Waals surface area (Å²) in [5.41, 5.74) is 3.16. The molecule has 7 heteroatoms. The van der Waals surface area contributed by atoms with Crippen molar-refractivity contribution in [3.8, 4) is 11.5 Å². The molecule has 1 N–H and O–H groups in total. The van der Waals surface area contributed by atoms with Crippen LogP contribution < -0.4 is 58.2 Å². The zero-order valence-corrected chi connectivity index (χ0v) is 22.8. The number of aliphatic hydroxyl groups excluding tert-OH is 1. The van der Waals surface area contributed by atoms with Gasteiger partial charge in [0.15, 0.2) is 5.78 Å². The number of ketones is 1. The maximum atomic E-state index is 12.1. The second-order valence-electron chi connectivity index (χ2n) is 5.15. The average Bonchev–Trinajstić information content (AvgIpc) is 3.11. The summed E-state index contributed by atoms with van der Waals surface area (Å²) in [4.78, 5) is 24.7. The molecule has 5 nitrogen and oxygen atoms in total. The fourth-order valence-corrected chi connectivity index (χ4v) is 2.15. The summed E-state index contributed by atoms with van der Waals surface area (Å²) < 4.78 is 5.35. The van der Waals surface area contributed by atoms with Gasteiger partial charge in [-0.05, 0) is 23.2 Å². The molecule has 27 heavy (non-hydrogen) atoms. The van der Waals surface area contributed by atoms with Crippen LogP contribution in [0.2, 0.25) is 0 Å². The van der Waals surface area contributed by atoms with Gasteiger partial charge < -0.3 is 19.3 Å². The van der Waals surface area contributed by atoms with Crippen molar-refractivity contribution in [3.63, 3.8) is 0 Å². The van der Waals surface area contributed by atoms with Crippen molar-refractivity contribution in [2.24, 2.45) is 0 Å². The molecule has 0 aliphatic rings. The number of aryl methyl sites for hydroxylation is 1. The van der Waals surface area contributed by atoms with E-state index >= 15 is 0 Å². The van der Waals surface area contributed by atoms with Gasteiger partial charge in [0.2, 0.25) is 0 Å². The third-order valence-electron chi connectivity index (χ3n) is 3.39. The topological polar surface area (TPSA) is 80.4 Å². The molecular formula is C20H16NO4RbY-2. The quantitative estimate of drug-likeness (QED) is 0.407. The first-order chi connectivity index (χ1) is 12.1. The van der Waals surface area contributed by atoms with E-state index in [-0.39, 0.29) is 96.7 Å². The molecule has 0 spiro atoms. The maximum Gasteiger partial charge on any atom is 1.00 e. The third kappa shape index (κ3) is 9.07. The van der Waals surface area contributed by atoms with Crippen molar-refractivity contribution in [1.29, 1.82) is 0 Å². The number of hydrogen-bond donors (Lipinski definition) is 1. The van der Waals surface area contributed by atoms with Crippen LogP contribution in [0.5, 0.6) is 0 Å². The largest absolute Gasteiger partial charge is 1.00 e. The number of oxazole rings is 1. The Bertz CT molecular complexity index is 820. The zero-order chi connectivity index (χ0) is 18.1. The summed E-state index contributed by atoms with van der Waals surface area (Å²) >= 11 is 0. The Labute approximate surface area is 232 Å². The van der Waals surface area contributed by atoms with Gasteiger partial charge in [-0.3, -0.25) is 4.79 Å². The van der Waals surface area contributed by atoms with Gasteiger partial charge in [-0.15, -0.1) is 12.1 Å². The third-order valence-corrected chi connectivity index (χ3v) is 3.39. The Morgan fingerprint density at radius 1 is 1.15 bits per heavy atom. The molecule has 0 bridgehead atoms. The monoisotopic (exact) mass is 508 g/mol. The van der Waals surface area contributed by atoms with Crippen LogP contribution in [0.4, 0.5) is 0 Å². The summed E-state index contributed by atoms with van der Waals surface area (Å²) in [6, 6.07) is 16.9. The van der Waals surface area contributed by atoms with E-state index in [0.29, 0.717) is 36.5 Å². The number of benzene rings is 2. The molecule has 0 saturated heterocycles.